The topological polar surface area (TPSA) is 53.1 Å². The lowest BCUT2D eigenvalue weighted by Crippen LogP contribution is -1.98. The van der Waals surface area contributed by atoms with Crippen LogP contribution >= 0.6 is 0 Å². The van der Waals surface area contributed by atoms with Crippen LogP contribution in [0.5, 0.6) is 5.75 Å². The molecular formula is C15H21N3O. The summed E-state index contributed by atoms with van der Waals surface area (Å²) in [5.41, 5.74) is 12.5. The Morgan fingerprint density at radius 3 is 2.26 bits per heavy atom. The van der Waals surface area contributed by atoms with Gasteiger partial charge in [0.1, 0.15) is 5.75 Å². The van der Waals surface area contributed by atoms with E-state index in [9.17, 15) is 0 Å². The van der Waals surface area contributed by atoms with E-state index in [1.165, 1.54) is 5.56 Å². The highest BCUT2D eigenvalue weighted by Gasteiger charge is 2.17. The van der Waals surface area contributed by atoms with Gasteiger partial charge in [-0.25, -0.2) is 4.98 Å². The van der Waals surface area contributed by atoms with Gasteiger partial charge >= 0.3 is 0 Å². The van der Waals surface area contributed by atoms with Gasteiger partial charge in [0, 0.05) is 18.3 Å². The zero-order valence-electron chi connectivity index (χ0n) is 12.5. The molecule has 102 valence electrons. The second-order valence-corrected chi connectivity index (χ2v) is 4.99. The molecule has 2 rings (SSSR count). The molecule has 0 saturated carbocycles. The van der Waals surface area contributed by atoms with Crippen molar-refractivity contribution in [2.24, 2.45) is 7.05 Å². The predicted molar refractivity (Wildman–Crippen MR) is 78.6 cm³/mol. The van der Waals surface area contributed by atoms with Crippen molar-refractivity contribution in [3.8, 4) is 17.0 Å². The van der Waals surface area contributed by atoms with Crippen molar-refractivity contribution < 1.29 is 4.74 Å². The molecule has 0 aliphatic rings. The van der Waals surface area contributed by atoms with E-state index in [2.05, 4.69) is 31.8 Å². The highest BCUT2D eigenvalue weighted by molar-refractivity contribution is 5.72. The van der Waals surface area contributed by atoms with Crippen LogP contribution in [0.25, 0.3) is 11.3 Å². The summed E-state index contributed by atoms with van der Waals surface area (Å²) in [6.45, 7) is 8.26. The smallest absolute Gasteiger partial charge is 0.200 e. The third-order valence-electron chi connectivity index (χ3n) is 3.90. The Kier molecular flexibility index (Phi) is 3.27. The maximum absolute atomic E-state index is 5.89. The van der Waals surface area contributed by atoms with Gasteiger partial charge in [0.15, 0.2) is 0 Å². The first kappa shape index (κ1) is 13.5. The zero-order valence-corrected chi connectivity index (χ0v) is 12.5. The molecule has 2 aromatic rings. The van der Waals surface area contributed by atoms with Crippen LogP contribution in [0.4, 0.5) is 5.95 Å². The van der Waals surface area contributed by atoms with Gasteiger partial charge in [0.2, 0.25) is 5.95 Å². The summed E-state index contributed by atoms with van der Waals surface area (Å²) in [4.78, 5) is 4.48. The highest BCUT2D eigenvalue weighted by Crippen LogP contribution is 2.35. The molecule has 1 aromatic heterocycles. The Hall–Kier alpha value is -1.97. The average Bonchev–Trinajstić information content (AvgIpc) is 2.62. The minimum absolute atomic E-state index is 0.540. The molecule has 1 aromatic carbocycles. The zero-order chi connectivity index (χ0) is 14.3. The molecular weight excluding hydrogens is 238 g/mol. The predicted octanol–water partition coefficient (Wildman–Crippen LogP) is 2.91. The van der Waals surface area contributed by atoms with Crippen molar-refractivity contribution in [3.63, 3.8) is 0 Å². The highest BCUT2D eigenvalue weighted by atomic mass is 16.5. The van der Waals surface area contributed by atoms with E-state index in [1.807, 2.05) is 18.5 Å². The van der Waals surface area contributed by atoms with Crippen molar-refractivity contribution in [1.82, 2.24) is 9.55 Å². The Morgan fingerprint density at radius 1 is 1.16 bits per heavy atom. The van der Waals surface area contributed by atoms with Gasteiger partial charge in [0.25, 0.3) is 0 Å². The summed E-state index contributed by atoms with van der Waals surface area (Å²) >= 11 is 0. The lowest BCUT2D eigenvalue weighted by Gasteiger charge is -2.15. The number of methoxy groups -OCH3 is 1. The minimum Gasteiger partial charge on any atom is -0.496 e. The van der Waals surface area contributed by atoms with Crippen LogP contribution in [0.15, 0.2) is 6.07 Å². The van der Waals surface area contributed by atoms with E-state index in [-0.39, 0.29) is 0 Å². The van der Waals surface area contributed by atoms with E-state index < -0.39 is 0 Å². The summed E-state index contributed by atoms with van der Waals surface area (Å²) in [6, 6.07) is 2.12. The fourth-order valence-corrected chi connectivity index (χ4v) is 2.47. The standard InChI is InChI=1S/C15H21N3O/c1-8-7-12(9(2)10(3)14(8)19-6)13-11(4)18(5)15(16)17-13/h7H,1-6H3,(H2,16,17). The number of aryl methyl sites for hydroxylation is 1. The van der Waals surface area contributed by atoms with Crippen molar-refractivity contribution in [2.75, 3.05) is 12.8 Å². The maximum Gasteiger partial charge on any atom is 0.200 e. The van der Waals surface area contributed by atoms with Crippen molar-refractivity contribution >= 4 is 5.95 Å². The molecule has 0 radical (unpaired) electrons. The van der Waals surface area contributed by atoms with Crippen LogP contribution < -0.4 is 10.5 Å². The second kappa shape index (κ2) is 4.61. The van der Waals surface area contributed by atoms with E-state index in [1.54, 1.807) is 7.11 Å². The summed E-state index contributed by atoms with van der Waals surface area (Å²) < 4.78 is 7.36. The number of anilines is 1. The van der Waals surface area contributed by atoms with E-state index >= 15 is 0 Å². The minimum atomic E-state index is 0.540. The molecule has 19 heavy (non-hydrogen) atoms. The van der Waals surface area contributed by atoms with Crippen LogP contribution in [-0.4, -0.2) is 16.7 Å². The first-order chi connectivity index (χ1) is 8.88. The van der Waals surface area contributed by atoms with Crippen molar-refractivity contribution in [1.29, 1.82) is 0 Å². The van der Waals surface area contributed by atoms with Crippen molar-refractivity contribution in [3.05, 3.63) is 28.5 Å². The van der Waals surface area contributed by atoms with Crippen LogP contribution in [0.2, 0.25) is 0 Å². The lowest BCUT2D eigenvalue weighted by atomic mass is 9.96. The molecule has 0 aliphatic carbocycles. The number of imidazole rings is 1. The number of nitrogens with zero attached hydrogens (tertiary/aromatic N) is 2. The average molecular weight is 259 g/mol. The van der Waals surface area contributed by atoms with Gasteiger partial charge in [-0.3, -0.25) is 0 Å². The summed E-state index contributed by atoms with van der Waals surface area (Å²) in [6.07, 6.45) is 0. The van der Waals surface area contributed by atoms with Gasteiger partial charge in [-0.15, -0.1) is 0 Å². The molecule has 0 amide bonds. The molecule has 0 saturated heterocycles. The molecule has 0 aliphatic heterocycles. The van der Waals surface area contributed by atoms with Crippen LogP contribution in [-0.2, 0) is 7.05 Å². The number of ether oxygens (including phenoxy) is 1. The normalized spacial score (nSPS) is 10.8. The third kappa shape index (κ3) is 1.97. The fourth-order valence-electron chi connectivity index (χ4n) is 2.47. The van der Waals surface area contributed by atoms with Gasteiger partial charge < -0.3 is 15.0 Å². The Morgan fingerprint density at radius 2 is 1.79 bits per heavy atom. The molecule has 1 heterocycles. The number of hydrogen-bond acceptors (Lipinski definition) is 3. The number of nitrogen functional groups attached to an aromatic ring is 1. The molecule has 2 N–H and O–H groups in total. The molecule has 0 fully saturated rings. The first-order valence-electron chi connectivity index (χ1n) is 6.32. The molecule has 0 bridgehead atoms. The van der Waals surface area contributed by atoms with Crippen LogP contribution in [0, 0.1) is 27.7 Å². The van der Waals surface area contributed by atoms with Crippen LogP contribution in [0.3, 0.4) is 0 Å². The third-order valence-corrected chi connectivity index (χ3v) is 3.90. The van der Waals surface area contributed by atoms with Gasteiger partial charge in [-0.1, -0.05) is 0 Å². The summed E-state index contributed by atoms with van der Waals surface area (Å²) in [5, 5.41) is 0. The first-order valence-corrected chi connectivity index (χ1v) is 6.32. The van der Waals surface area contributed by atoms with E-state index in [0.717, 1.165) is 33.8 Å². The maximum atomic E-state index is 5.89. The molecule has 4 heteroatoms. The SMILES string of the molecule is COc1c(C)cc(-c2nc(N)n(C)c2C)c(C)c1C. The molecule has 4 nitrogen and oxygen atoms in total. The van der Waals surface area contributed by atoms with Crippen molar-refractivity contribution in [2.45, 2.75) is 27.7 Å². The Balaban J connectivity index is 2.73. The summed E-state index contributed by atoms with van der Waals surface area (Å²) in [5.74, 6) is 1.49. The number of benzene rings is 1. The largest absolute Gasteiger partial charge is 0.496 e. The van der Waals surface area contributed by atoms with Gasteiger partial charge in [0.05, 0.1) is 12.8 Å². The summed E-state index contributed by atoms with van der Waals surface area (Å²) in [7, 11) is 3.64. The number of hydrogen-bond donors (Lipinski definition) is 1. The fraction of sp³-hybridized carbons (Fsp3) is 0.400. The van der Waals surface area contributed by atoms with Gasteiger partial charge in [-0.05, 0) is 50.5 Å². The second-order valence-electron chi connectivity index (χ2n) is 4.99. The number of rotatable bonds is 2. The molecule has 0 spiro atoms. The van der Waals surface area contributed by atoms with E-state index in [0.29, 0.717) is 5.95 Å². The Bertz CT molecular complexity index is 642. The molecule has 0 unspecified atom stereocenters. The van der Waals surface area contributed by atoms with Gasteiger partial charge in [-0.2, -0.15) is 0 Å². The van der Waals surface area contributed by atoms with Crippen LogP contribution in [0.1, 0.15) is 22.4 Å². The molecule has 0 atom stereocenters. The number of nitrogens with two attached hydrogens (primary N) is 1. The monoisotopic (exact) mass is 259 g/mol. The lowest BCUT2D eigenvalue weighted by molar-refractivity contribution is 0.408. The Labute approximate surface area is 114 Å². The van der Waals surface area contributed by atoms with E-state index in [4.69, 9.17) is 10.5 Å². The number of aromatic nitrogens is 2. The quantitative estimate of drug-likeness (QED) is 0.902.